The summed E-state index contributed by atoms with van der Waals surface area (Å²) in [5, 5.41) is 12.4. The van der Waals surface area contributed by atoms with Crippen molar-refractivity contribution in [3.63, 3.8) is 0 Å². The SMILES string of the molecule is O=C(Nc1cccc(O)c1)c1cccc(Cl)c1. The Bertz CT molecular complexity index is 555. The molecule has 0 spiro atoms. The van der Waals surface area contributed by atoms with E-state index in [0.29, 0.717) is 16.3 Å². The number of rotatable bonds is 2. The van der Waals surface area contributed by atoms with Crippen molar-refractivity contribution < 1.29 is 9.90 Å². The molecule has 17 heavy (non-hydrogen) atoms. The molecular weight excluding hydrogens is 238 g/mol. The van der Waals surface area contributed by atoms with Crippen LogP contribution in [-0.4, -0.2) is 11.0 Å². The quantitative estimate of drug-likeness (QED) is 0.856. The van der Waals surface area contributed by atoms with Gasteiger partial charge in [0.25, 0.3) is 5.91 Å². The summed E-state index contributed by atoms with van der Waals surface area (Å²) in [5.41, 5.74) is 1.01. The summed E-state index contributed by atoms with van der Waals surface area (Å²) in [6.45, 7) is 0. The number of anilines is 1. The summed E-state index contributed by atoms with van der Waals surface area (Å²) in [7, 11) is 0. The molecule has 1 amide bonds. The van der Waals surface area contributed by atoms with Gasteiger partial charge in [-0.3, -0.25) is 4.79 Å². The van der Waals surface area contributed by atoms with Gasteiger partial charge in [-0.1, -0.05) is 23.7 Å². The summed E-state index contributed by atoms with van der Waals surface area (Å²) < 4.78 is 0. The molecule has 0 fully saturated rings. The molecule has 2 rings (SSSR count). The van der Waals surface area contributed by atoms with Crippen LogP contribution < -0.4 is 5.32 Å². The average Bonchev–Trinajstić information content (AvgIpc) is 2.29. The number of amides is 1. The molecule has 0 atom stereocenters. The van der Waals surface area contributed by atoms with Crippen LogP contribution in [-0.2, 0) is 0 Å². The van der Waals surface area contributed by atoms with E-state index in [2.05, 4.69) is 5.32 Å². The van der Waals surface area contributed by atoms with Crippen LogP contribution in [0, 0.1) is 0 Å². The number of carbonyl (C=O) groups excluding carboxylic acids is 1. The molecule has 2 aromatic carbocycles. The van der Waals surface area contributed by atoms with Crippen LogP contribution >= 0.6 is 11.6 Å². The van der Waals surface area contributed by atoms with Crippen LogP contribution in [0.3, 0.4) is 0 Å². The highest BCUT2D eigenvalue weighted by atomic mass is 35.5. The Morgan fingerprint density at radius 1 is 1.12 bits per heavy atom. The second-order valence-electron chi connectivity index (χ2n) is 3.51. The van der Waals surface area contributed by atoms with Crippen LogP contribution in [0.15, 0.2) is 48.5 Å². The van der Waals surface area contributed by atoms with Crippen LogP contribution in [0.1, 0.15) is 10.4 Å². The molecule has 0 bridgehead atoms. The third-order valence-electron chi connectivity index (χ3n) is 2.19. The number of carbonyl (C=O) groups is 1. The van der Waals surface area contributed by atoms with Gasteiger partial charge in [-0.25, -0.2) is 0 Å². The molecule has 0 aliphatic rings. The van der Waals surface area contributed by atoms with Crippen molar-refractivity contribution in [2.75, 3.05) is 5.32 Å². The first-order valence-corrected chi connectivity index (χ1v) is 5.39. The first-order valence-electron chi connectivity index (χ1n) is 5.01. The monoisotopic (exact) mass is 247 g/mol. The summed E-state index contributed by atoms with van der Waals surface area (Å²) in [6.07, 6.45) is 0. The highest BCUT2D eigenvalue weighted by molar-refractivity contribution is 6.31. The maximum absolute atomic E-state index is 11.8. The number of benzene rings is 2. The summed E-state index contributed by atoms with van der Waals surface area (Å²) in [6, 6.07) is 13.0. The lowest BCUT2D eigenvalue weighted by Gasteiger charge is -2.05. The molecule has 86 valence electrons. The number of aromatic hydroxyl groups is 1. The Morgan fingerprint density at radius 3 is 2.59 bits per heavy atom. The van der Waals surface area contributed by atoms with Crippen LogP contribution in [0.4, 0.5) is 5.69 Å². The normalized spacial score (nSPS) is 9.94. The number of phenolic OH excluding ortho intramolecular Hbond substituents is 1. The van der Waals surface area contributed by atoms with E-state index in [1.165, 1.54) is 12.1 Å². The van der Waals surface area contributed by atoms with Gasteiger partial charge in [-0.2, -0.15) is 0 Å². The van der Waals surface area contributed by atoms with Crippen molar-refractivity contribution in [1.29, 1.82) is 0 Å². The fraction of sp³-hybridized carbons (Fsp3) is 0. The summed E-state index contributed by atoms with van der Waals surface area (Å²) >= 11 is 5.80. The number of nitrogens with one attached hydrogen (secondary N) is 1. The van der Waals surface area contributed by atoms with Gasteiger partial charge in [-0.05, 0) is 30.3 Å². The maximum atomic E-state index is 11.8. The zero-order valence-electron chi connectivity index (χ0n) is 8.85. The fourth-order valence-electron chi connectivity index (χ4n) is 1.42. The number of halogens is 1. The number of phenols is 1. The zero-order chi connectivity index (χ0) is 12.3. The van der Waals surface area contributed by atoms with Crippen LogP contribution in [0.5, 0.6) is 5.75 Å². The van der Waals surface area contributed by atoms with Crippen molar-refractivity contribution in [1.82, 2.24) is 0 Å². The van der Waals surface area contributed by atoms with Crippen LogP contribution in [0.25, 0.3) is 0 Å². The van der Waals surface area contributed by atoms with E-state index in [9.17, 15) is 9.90 Å². The van der Waals surface area contributed by atoms with Crippen molar-refractivity contribution in [3.05, 3.63) is 59.1 Å². The Labute approximate surface area is 104 Å². The highest BCUT2D eigenvalue weighted by Crippen LogP contribution is 2.17. The highest BCUT2D eigenvalue weighted by Gasteiger charge is 2.06. The second-order valence-corrected chi connectivity index (χ2v) is 3.95. The average molecular weight is 248 g/mol. The fourth-order valence-corrected chi connectivity index (χ4v) is 1.61. The van der Waals surface area contributed by atoms with Gasteiger partial charge < -0.3 is 10.4 Å². The molecule has 4 heteroatoms. The number of hydrogen-bond donors (Lipinski definition) is 2. The molecule has 0 aliphatic heterocycles. The lowest BCUT2D eigenvalue weighted by molar-refractivity contribution is 0.102. The third-order valence-corrected chi connectivity index (χ3v) is 2.43. The minimum Gasteiger partial charge on any atom is -0.508 e. The molecule has 0 unspecified atom stereocenters. The Balaban J connectivity index is 2.17. The van der Waals surface area contributed by atoms with Crippen LogP contribution in [0.2, 0.25) is 5.02 Å². The first kappa shape index (κ1) is 11.5. The standard InChI is InChI=1S/C13H10ClNO2/c14-10-4-1-3-9(7-10)13(17)15-11-5-2-6-12(16)8-11/h1-8,16H,(H,15,17). The van der Waals surface area contributed by atoms with E-state index in [-0.39, 0.29) is 11.7 Å². The Kier molecular flexibility index (Phi) is 3.30. The maximum Gasteiger partial charge on any atom is 0.255 e. The second kappa shape index (κ2) is 4.89. The molecule has 2 aromatic rings. The van der Waals surface area contributed by atoms with Gasteiger partial charge in [0.15, 0.2) is 0 Å². The molecule has 0 radical (unpaired) electrons. The lowest BCUT2D eigenvalue weighted by atomic mass is 10.2. The van der Waals surface area contributed by atoms with E-state index in [1.54, 1.807) is 36.4 Å². The lowest BCUT2D eigenvalue weighted by Crippen LogP contribution is -2.11. The minimum atomic E-state index is -0.266. The topological polar surface area (TPSA) is 49.3 Å². The Morgan fingerprint density at radius 2 is 1.88 bits per heavy atom. The van der Waals surface area contributed by atoms with Gasteiger partial charge in [0.1, 0.15) is 5.75 Å². The zero-order valence-corrected chi connectivity index (χ0v) is 9.61. The molecule has 0 aliphatic carbocycles. The van der Waals surface area contributed by atoms with Gasteiger partial charge in [-0.15, -0.1) is 0 Å². The molecule has 0 saturated carbocycles. The van der Waals surface area contributed by atoms with E-state index >= 15 is 0 Å². The molecular formula is C13H10ClNO2. The van der Waals surface area contributed by atoms with Crippen molar-refractivity contribution in [2.45, 2.75) is 0 Å². The van der Waals surface area contributed by atoms with Crippen molar-refractivity contribution in [3.8, 4) is 5.75 Å². The van der Waals surface area contributed by atoms with Gasteiger partial charge >= 0.3 is 0 Å². The predicted octanol–water partition coefficient (Wildman–Crippen LogP) is 3.30. The summed E-state index contributed by atoms with van der Waals surface area (Å²) in [4.78, 5) is 11.8. The summed E-state index contributed by atoms with van der Waals surface area (Å²) in [5.74, 6) is -0.160. The van der Waals surface area contributed by atoms with E-state index in [1.807, 2.05) is 0 Å². The smallest absolute Gasteiger partial charge is 0.255 e. The predicted molar refractivity (Wildman–Crippen MR) is 67.5 cm³/mol. The molecule has 0 aromatic heterocycles. The molecule has 3 nitrogen and oxygen atoms in total. The Hall–Kier alpha value is -2.00. The number of hydrogen-bond acceptors (Lipinski definition) is 2. The molecule has 0 saturated heterocycles. The van der Waals surface area contributed by atoms with E-state index in [4.69, 9.17) is 11.6 Å². The van der Waals surface area contributed by atoms with E-state index < -0.39 is 0 Å². The van der Waals surface area contributed by atoms with Gasteiger partial charge in [0.2, 0.25) is 0 Å². The molecule has 2 N–H and O–H groups in total. The minimum absolute atomic E-state index is 0.105. The van der Waals surface area contributed by atoms with Crippen molar-refractivity contribution in [2.24, 2.45) is 0 Å². The largest absolute Gasteiger partial charge is 0.508 e. The third kappa shape index (κ3) is 2.98. The first-order chi connectivity index (χ1) is 8.15. The van der Waals surface area contributed by atoms with Crippen molar-refractivity contribution >= 4 is 23.2 Å². The van der Waals surface area contributed by atoms with Gasteiger partial charge in [0.05, 0.1) is 0 Å². The van der Waals surface area contributed by atoms with Gasteiger partial charge in [0, 0.05) is 22.3 Å². The van der Waals surface area contributed by atoms with E-state index in [0.717, 1.165) is 0 Å². The molecule has 0 heterocycles.